The summed E-state index contributed by atoms with van der Waals surface area (Å²) in [4.78, 5) is 9.78. The Morgan fingerprint density at radius 2 is 2.06 bits per heavy atom. The van der Waals surface area contributed by atoms with Gasteiger partial charge >= 0.3 is 0 Å². The maximum atomic E-state index is 6.08. The first-order valence-electron chi connectivity index (χ1n) is 12.7. The summed E-state index contributed by atoms with van der Waals surface area (Å²) in [6, 6.07) is 10.7. The van der Waals surface area contributed by atoms with Gasteiger partial charge in [-0.05, 0) is 67.0 Å². The van der Waals surface area contributed by atoms with Crippen molar-refractivity contribution in [2.45, 2.75) is 47.0 Å². The van der Waals surface area contributed by atoms with E-state index in [4.69, 9.17) is 15.5 Å². The van der Waals surface area contributed by atoms with Gasteiger partial charge in [0, 0.05) is 35.7 Å². The zero-order valence-electron chi connectivity index (χ0n) is 21.6. The fraction of sp³-hybridized carbons (Fsp3) is 0.355. The molecule has 0 radical (unpaired) electrons. The number of aliphatic imine (C=N–C) groups is 1. The Morgan fingerprint density at radius 1 is 1.20 bits per heavy atom. The lowest BCUT2D eigenvalue weighted by Gasteiger charge is -2.17. The smallest absolute Gasteiger partial charge is 0.0788 e. The van der Waals surface area contributed by atoms with Gasteiger partial charge in [-0.15, -0.1) is 0 Å². The molecule has 2 N–H and O–H groups in total. The molecule has 0 saturated carbocycles. The van der Waals surface area contributed by atoms with Crippen molar-refractivity contribution in [3.63, 3.8) is 0 Å². The van der Waals surface area contributed by atoms with Crippen LogP contribution >= 0.6 is 0 Å². The maximum absolute atomic E-state index is 6.08. The highest BCUT2D eigenvalue weighted by Gasteiger charge is 2.15. The summed E-state index contributed by atoms with van der Waals surface area (Å²) in [5, 5.41) is 0. The molecule has 0 unspecified atom stereocenters. The molecule has 4 nitrogen and oxygen atoms in total. The molecule has 0 amide bonds. The van der Waals surface area contributed by atoms with Gasteiger partial charge in [0.1, 0.15) is 0 Å². The summed E-state index contributed by atoms with van der Waals surface area (Å²) >= 11 is 0. The van der Waals surface area contributed by atoms with Gasteiger partial charge in [-0.3, -0.25) is 4.99 Å². The van der Waals surface area contributed by atoms with Gasteiger partial charge in [-0.2, -0.15) is 0 Å². The Bertz CT molecular complexity index is 1140. The Balaban J connectivity index is 2.02. The summed E-state index contributed by atoms with van der Waals surface area (Å²) < 4.78 is 5.50. The molecule has 0 bridgehead atoms. The first-order chi connectivity index (χ1) is 17.0. The number of aryl methyl sites for hydroxylation is 1. The highest BCUT2D eigenvalue weighted by molar-refractivity contribution is 6.11. The van der Waals surface area contributed by atoms with Gasteiger partial charge in [-0.25, -0.2) is 4.98 Å². The van der Waals surface area contributed by atoms with E-state index in [-0.39, 0.29) is 0 Å². The normalized spacial score (nSPS) is 15.1. The average Bonchev–Trinajstić information content (AvgIpc) is 2.87. The molecule has 2 heterocycles. The number of nitrogens with zero attached hydrogens (tertiary/aromatic N) is 2. The molecule has 0 atom stereocenters. The van der Waals surface area contributed by atoms with Crippen LogP contribution in [0.15, 0.2) is 65.8 Å². The molecule has 184 valence electrons. The summed E-state index contributed by atoms with van der Waals surface area (Å²) in [5.74, 6) is 0.620. The largest absolute Gasteiger partial charge is 0.404 e. The zero-order chi connectivity index (χ0) is 25.0. The summed E-state index contributed by atoms with van der Waals surface area (Å²) in [7, 11) is 0. The summed E-state index contributed by atoms with van der Waals surface area (Å²) in [6.45, 7) is 10.9. The van der Waals surface area contributed by atoms with E-state index in [1.165, 1.54) is 16.7 Å². The van der Waals surface area contributed by atoms with E-state index in [1.54, 1.807) is 6.20 Å². The molecule has 0 spiro atoms. The van der Waals surface area contributed by atoms with Gasteiger partial charge in [0.15, 0.2) is 0 Å². The molecule has 4 heteroatoms. The Morgan fingerprint density at radius 3 is 2.74 bits per heavy atom. The van der Waals surface area contributed by atoms with Crippen molar-refractivity contribution in [2.75, 3.05) is 19.8 Å². The second kappa shape index (κ2) is 13.6. The summed E-state index contributed by atoms with van der Waals surface area (Å²) in [5.41, 5.74) is 14.6. The predicted molar refractivity (Wildman–Crippen MR) is 151 cm³/mol. The number of hydrogen-bond donors (Lipinski definition) is 1. The second-order valence-electron chi connectivity index (χ2n) is 9.25. The van der Waals surface area contributed by atoms with E-state index < -0.39 is 0 Å². The monoisotopic (exact) mass is 469 g/mol. The fourth-order valence-corrected chi connectivity index (χ4v) is 3.93. The van der Waals surface area contributed by atoms with Crippen LogP contribution in [-0.2, 0) is 4.74 Å². The quantitative estimate of drug-likeness (QED) is 0.294. The van der Waals surface area contributed by atoms with Crippen molar-refractivity contribution < 1.29 is 4.74 Å². The van der Waals surface area contributed by atoms with Crippen molar-refractivity contribution in [3.05, 3.63) is 83.2 Å². The number of benzene rings is 1. The lowest BCUT2D eigenvalue weighted by atomic mass is 9.95. The summed E-state index contributed by atoms with van der Waals surface area (Å²) in [6.07, 6.45) is 17.1. The minimum Gasteiger partial charge on any atom is -0.404 e. The van der Waals surface area contributed by atoms with Gasteiger partial charge in [0.05, 0.1) is 24.6 Å². The number of pyridine rings is 1. The topological polar surface area (TPSA) is 60.5 Å². The molecule has 1 aliphatic heterocycles. The van der Waals surface area contributed by atoms with Crippen LogP contribution in [0, 0.1) is 12.8 Å². The van der Waals surface area contributed by atoms with Crippen LogP contribution in [0.4, 0.5) is 0 Å². The third kappa shape index (κ3) is 7.63. The lowest BCUT2D eigenvalue weighted by molar-refractivity contribution is 0.161. The molecule has 3 rings (SSSR count). The Labute approximate surface area is 211 Å². The Kier molecular flexibility index (Phi) is 10.2. The third-order valence-electron chi connectivity index (χ3n) is 6.05. The molecule has 1 aromatic heterocycles. The molecule has 2 aromatic rings. The number of ether oxygens (including phenoxy) is 1. The van der Waals surface area contributed by atoms with Gasteiger partial charge in [-0.1, -0.05) is 63.3 Å². The van der Waals surface area contributed by atoms with E-state index >= 15 is 0 Å². The van der Waals surface area contributed by atoms with Gasteiger partial charge in [0.25, 0.3) is 0 Å². The third-order valence-corrected chi connectivity index (χ3v) is 6.05. The van der Waals surface area contributed by atoms with E-state index in [2.05, 4.69) is 93.4 Å². The minimum absolute atomic E-state index is 0.620. The molecule has 0 saturated heterocycles. The van der Waals surface area contributed by atoms with Crippen LogP contribution in [0.3, 0.4) is 0 Å². The van der Waals surface area contributed by atoms with Crippen molar-refractivity contribution in [1.29, 1.82) is 0 Å². The van der Waals surface area contributed by atoms with Crippen LogP contribution in [0.5, 0.6) is 0 Å². The van der Waals surface area contributed by atoms with Crippen molar-refractivity contribution in [1.82, 2.24) is 4.98 Å². The number of nitrogens with two attached hydrogens (primary N) is 1. The zero-order valence-corrected chi connectivity index (χ0v) is 21.6. The SMILES string of the molecule is CC/C=C/C=C\c1ccc(-c2nc(C3=CCOCC3)ccc2/C(C=NCCC(C)C)=C/N)cc1C. The van der Waals surface area contributed by atoms with E-state index in [9.17, 15) is 0 Å². The first-order valence-corrected chi connectivity index (χ1v) is 12.7. The highest BCUT2D eigenvalue weighted by Crippen LogP contribution is 2.31. The number of hydrogen-bond acceptors (Lipinski definition) is 4. The molecular formula is C31H39N3O. The van der Waals surface area contributed by atoms with Crippen LogP contribution in [0.1, 0.15) is 62.4 Å². The molecule has 0 aliphatic carbocycles. The van der Waals surface area contributed by atoms with Crippen molar-refractivity contribution >= 4 is 23.4 Å². The van der Waals surface area contributed by atoms with E-state index in [1.807, 2.05) is 6.21 Å². The molecule has 0 fully saturated rings. The van der Waals surface area contributed by atoms with E-state index in [0.717, 1.165) is 60.5 Å². The van der Waals surface area contributed by atoms with Gasteiger partial charge in [0.2, 0.25) is 0 Å². The van der Waals surface area contributed by atoms with Crippen LogP contribution in [-0.4, -0.2) is 31.0 Å². The number of allylic oxidation sites excluding steroid dienone is 4. The second-order valence-corrected chi connectivity index (χ2v) is 9.25. The predicted octanol–water partition coefficient (Wildman–Crippen LogP) is 7.26. The molecule has 1 aromatic carbocycles. The lowest BCUT2D eigenvalue weighted by Crippen LogP contribution is -2.06. The van der Waals surface area contributed by atoms with Gasteiger partial charge < -0.3 is 10.5 Å². The fourth-order valence-electron chi connectivity index (χ4n) is 3.93. The van der Waals surface area contributed by atoms with Crippen molar-refractivity contribution in [3.8, 4) is 11.3 Å². The highest BCUT2D eigenvalue weighted by atomic mass is 16.5. The number of rotatable bonds is 10. The molecule has 1 aliphatic rings. The van der Waals surface area contributed by atoms with Crippen LogP contribution in [0.25, 0.3) is 28.5 Å². The minimum atomic E-state index is 0.620. The Hall–Kier alpha value is -3.24. The van der Waals surface area contributed by atoms with Crippen LogP contribution < -0.4 is 5.73 Å². The standard InChI is InChI=1S/C31H39N3O/c1-5-6-7-8-9-25-10-11-27(20-24(25)4)31-29(28(21-32)22-33-17-14-23(2)3)12-13-30(34-31)26-15-18-35-19-16-26/h6-13,15,20-23H,5,14,16-19,32H2,1-4H3/b7-6+,9-8-,28-21+,33-22?. The van der Waals surface area contributed by atoms with E-state index in [0.29, 0.717) is 12.5 Å². The van der Waals surface area contributed by atoms with Crippen molar-refractivity contribution in [2.24, 2.45) is 16.6 Å². The first kappa shape index (κ1) is 26.4. The number of aromatic nitrogens is 1. The average molecular weight is 470 g/mol. The maximum Gasteiger partial charge on any atom is 0.0788 e. The molecular weight excluding hydrogens is 430 g/mol. The molecule has 35 heavy (non-hydrogen) atoms. The van der Waals surface area contributed by atoms with Crippen LogP contribution in [0.2, 0.25) is 0 Å².